The predicted octanol–water partition coefficient (Wildman–Crippen LogP) is 3.24. The van der Waals surface area contributed by atoms with E-state index in [4.69, 9.17) is 4.74 Å². The van der Waals surface area contributed by atoms with Crippen molar-refractivity contribution in [1.29, 1.82) is 0 Å². The van der Waals surface area contributed by atoms with Crippen LogP contribution in [0.25, 0.3) is 0 Å². The van der Waals surface area contributed by atoms with Crippen molar-refractivity contribution in [3.05, 3.63) is 35.4 Å². The molecule has 3 atom stereocenters. The van der Waals surface area contributed by atoms with Crippen LogP contribution in [0.4, 0.5) is 0 Å². The fourth-order valence-corrected chi connectivity index (χ4v) is 3.82. The van der Waals surface area contributed by atoms with E-state index in [-0.39, 0.29) is 5.41 Å². The molecule has 0 saturated carbocycles. The van der Waals surface area contributed by atoms with Crippen LogP contribution in [-0.2, 0) is 16.6 Å². The first kappa shape index (κ1) is 18.5. The van der Waals surface area contributed by atoms with Crippen molar-refractivity contribution in [3.63, 3.8) is 0 Å². The summed E-state index contributed by atoms with van der Waals surface area (Å²) in [5, 5.41) is 0. The Hall–Kier alpha value is -0.860. The SMILES string of the molecule is CCC(C)(C)c1ccc(CC(C)C[NH+]2CC(C)OC(C)C2)cc1. The van der Waals surface area contributed by atoms with Crippen LogP contribution >= 0.6 is 0 Å². The van der Waals surface area contributed by atoms with Gasteiger partial charge in [0.2, 0.25) is 0 Å². The van der Waals surface area contributed by atoms with Crippen molar-refractivity contribution in [2.24, 2.45) is 5.92 Å². The van der Waals surface area contributed by atoms with Gasteiger partial charge in [-0.3, -0.25) is 0 Å². The van der Waals surface area contributed by atoms with E-state index in [9.17, 15) is 0 Å². The van der Waals surface area contributed by atoms with Crippen molar-refractivity contribution < 1.29 is 9.64 Å². The highest BCUT2D eigenvalue weighted by Crippen LogP contribution is 2.27. The molecular weight excluding hydrogens is 282 g/mol. The van der Waals surface area contributed by atoms with Crippen LogP contribution in [0.5, 0.6) is 0 Å². The Labute approximate surface area is 143 Å². The van der Waals surface area contributed by atoms with Crippen molar-refractivity contribution in [1.82, 2.24) is 0 Å². The van der Waals surface area contributed by atoms with Crippen LogP contribution in [0.15, 0.2) is 24.3 Å². The quantitative estimate of drug-likeness (QED) is 0.850. The number of rotatable bonds is 6. The van der Waals surface area contributed by atoms with Crippen LogP contribution in [0, 0.1) is 5.92 Å². The maximum atomic E-state index is 5.85. The molecule has 0 spiro atoms. The van der Waals surface area contributed by atoms with Gasteiger partial charge in [0.05, 0.1) is 6.54 Å². The maximum absolute atomic E-state index is 5.85. The summed E-state index contributed by atoms with van der Waals surface area (Å²) in [5.74, 6) is 0.715. The largest absolute Gasteiger partial charge is 0.364 e. The molecule has 130 valence electrons. The third-order valence-electron chi connectivity index (χ3n) is 5.46. The van der Waals surface area contributed by atoms with Gasteiger partial charge in [0, 0.05) is 5.92 Å². The van der Waals surface area contributed by atoms with Crippen LogP contribution in [0.3, 0.4) is 0 Å². The number of benzene rings is 1. The van der Waals surface area contributed by atoms with Crippen LogP contribution < -0.4 is 4.90 Å². The third kappa shape index (κ3) is 5.32. The summed E-state index contributed by atoms with van der Waals surface area (Å²) in [6.45, 7) is 17.3. The lowest BCUT2D eigenvalue weighted by Crippen LogP contribution is -3.16. The van der Waals surface area contributed by atoms with Crippen molar-refractivity contribution in [3.8, 4) is 0 Å². The minimum absolute atomic E-state index is 0.286. The van der Waals surface area contributed by atoms with E-state index < -0.39 is 0 Å². The van der Waals surface area contributed by atoms with E-state index in [2.05, 4.69) is 65.8 Å². The molecule has 2 heteroatoms. The molecule has 0 radical (unpaired) electrons. The first-order valence-corrected chi connectivity index (χ1v) is 9.38. The summed E-state index contributed by atoms with van der Waals surface area (Å²) in [7, 11) is 0. The molecule has 0 aromatic heterocycles. The number of quaternary nitrogens is 1. The van der Waals surface area contributed by atoms with Crippen LogP contribution in [0.1, 0.15) is 59.1 Å². The number of hydrogen-bond donors (Lipinski definition) is 1. The zero-order chi connectivity index (χ0) is 17.0. The second-order valence-electron chi connectivity index (χ2n) is 8.36. The first-order chi connectivity index (χ1) is 10.8. The number of hydrogen-bond acceptors (Lipinski definition) is 1. The van der Waals surface area contributed by atoms with Crippen LogP contribution in [-0.4, -0.2) is 31.8 Å². The highest BCUT2D eigenvalue weighted by Gasteiger charge is 2.26. The topological polar surface area (TPSA) is 13.7 Å². The minimum Gasteiger partial charge on any atom is -0.364 e. The molecular formula is C21H36NO+. The van der Waals surface area contributed by atoms with Crippen molar-refractivity contribution in [2.75, 3.05) is 19.6 Å². The lowest BCUT2D eigenvalue weighted by Gasteiger charge is -2.33. The predicted molar refractivity (Wildman–Crippen MR) is 98.2 cm³/mol. The second kappa shape index (κ2) is 7.81. The van der Waals surface area contributed by atoms with Gasteiger partial charge in [0.15, 0.2) is 0 Å². The van der Waals surface area contributed by atoms with E-state index in [0.717, 1.165) is 13.1 Å². The summed E-state index contributed by atoms with van der Waals surface area (Å²) < 4.78 is 5.85. The Morgan fingerprint density at radius 3 is 2.22 bits per heavy atom. The van der Waals surface area contributed by atoms with E-state index in [1.807, 2.05) is 0 Å². The first-order valence-electron chi connectivity index (χ1n) is 9.38. The molecule has 1 N–H and O–H groups in total. The molecule has 1 aliphatic rings. The Morgan fingerprint density at radius 1 is 1.13 bits per heavy atom. The summed E-state index contributed by atoms with van der Waals surface area (Å²) in [6, 6.07) is 9.33. The third-order valence-corrected chi connectivity index (χ3v) is 5.46. The Morgan fingerprint density at radius 2 is 1.70 bits per heavy atom. The minimum atomic E-state index is 0.286. The highest BCUT2D eigenvalue weighted by molar-refractivity contribution is 5.28. The Kier molecular flexibility index (Phi) is 6.27. The molecule has 1 heterocycles. The molecule has 2 nitrogen and oxygen atoms in total. The van der Waals surface area contributed by atoms with Gasteiger partial charge >= 0.3 is 0 Å². The van der Waals surface area contributed by atoms with Gasteiger partial charge in [-0.05, 0) is 43.2 Å². The fraction of sp³-hybridized carbons (Fsp3) is 0.714. The molecule has 1 aromatic carbocycles. The van der Waals surface area contributed by atoms with E-state index >= 15 is 0 Å². The van der Waals surface area contributed by atoms with Gasteiger partial charge < -0.3 is 9.64 Å². The number of nitrogens with one attached hydrogen (secondary N) is 1. The van der Waals surface area contributed by atoms with E-state index in [1.54, 1.807) is 4.90 Å². The number of ether oxygens (including phenoxy) is 1. The molecule has 0 aliphatic carbocycles. The molecule has 2 rings (SSSR count). The standard InChI is InChI=1S/C21H35NO/c1-7-21(5,6)20-10-8-19(9-11-20)12-16(2)13-22-14-17(3)23-18(4)15-22/h8-11,16-18H,7,12-15H2,1-6H3/p+1. The molecule has 3 unspecified atom stereocenters. The van der Waals surface area contributed by atoms with Gasteiger partial charge in [0.1, 0.15) is 25.3 Å². The van der Waals surface area contributed by atoms with E-state index in [0.29, 0.717) is 18.1 Å². The van der Waals surface area contributed by atoms with Gasteiger partial charge in [-0.15, -0.1) is 0 Å². The summed E-state index contributed by atoms with van der Waals surface area (Å²) in [5.41, 5.74) is 3.22. The van der Waals surface area contributed by atoms with Gasteiger partial charge in [-0.2, -0.15) is 0 Å². The lowest BCUT2D eigenvalue weighted by molar-refractivity contribution is -0.918. The molecule has 1 saturated heterocycles. The monoisotopic (exact) mass is 318 g/mol. The summed E-state index contributed by atoms with van der Waals surface area (Å²) >= 11 is 0. The smallest absolute Gasteiger partial charge is 0.104 e. The molecule has 0 bridgehead atoms. The van der Waals surface area contributed by atoms with E-state index in [1.165, 1.54) is 30.5 Å². The zero-order valence-corrected chi connectivity index (χ0v) is 16.0. The van der Waals surface area contributed by atoms with Crippen molar-refractivity contribution in [2.45, 2.75) is 72.0 Å². The van der Waals surface area contributed by atoms with Gasteiger partial charge in [-0.25, -0.2) is 0 Å². The Balaban J connectivity index is 1.89. The Bertz CT molecular complexity index is 469. The lowest BCUT2D eigenvalue weighted by atomic mass is 9.82. The van der Waals surface area contributed by atoms with Gasteiger partial charge in [-0.1, -0.05) is 52.0 Å². The second-order valence-corrected chi connectivity index (χ2v) is 8.36. The number of morpholine rings is 1. The summed E-state index contributed by atoms with van der Waals surface area (Å²) in [4.78, 5) is 1.70. The maximum Gasteiger partial charge on any atom is 0.104 e. The molecule has 23 heavy (non-hydrogen) atoms. The normalized spacial score (nSPS) is 27.0. The zero-order valence-electron chi connectivity index (χ0n) is 16.0. The fourth-order valence-electron chi connectivity index (χ4n) is 3.82. The molecule has 1 aliphatic heterocycles. The average Bonchev–Trinajstić information content (AvgIpc) is 2.46. The van der Waals surface area contributed by atoms with Crippen LogP contribution in [0.2, 0.25) is 0 Å². The molecule has 1 aromatic rings. The molecule has 0 amide bonds. The molecule has 1 fully saturated rings. The average molecular weight is 319 g/mol. The highest BCUT2D eigenvalue weighted by atomic mass is 16.5. The van der Waals surface area contributed by atoms with Crippen molar-refractivity contribution >= 4 is 0 Å². The summed E-state index contributed by atoms with van der Waals surface area (Å²) in [6.07, 6.45) is 3.16. The van der Waals surface area contributed by atoms with Gasteiger partial charge in [0.25, 0.3) is 0 Å².